The molecule has 1 atom stereocenters. The highest BCUT2D eigenvalue weighted by molar-refractivity contribution is 6.73. The van der Waals surface area contributed by atoms with Crippen LogP contribution in [-0.2, 0) is 4.43 Å². The molecule has 0 aliphatic heterocycles. The van der Waals surface area contributed by atoms with Gasteiger partial charge in [0, 0.05) is 0 Å². The van der Waals surface area contributed by atoms with E-state index in [1.165, 1.54) is 62.2 Å². The van der Waals surface area contributed by atoms with Gasteiger partial charge < -0.3 is 4.43 Å². The number of allylic oxidation sites excluding steroid dienone is 1. The minimum Gasteiger partial charge on any atom is -0.410 e. The Hall–Kier alpha value is -0.863. The molecule has 0 radical (unpaired) electrons. The summed E-state index contributed by atoms with van der Waals surface area (Å²) in [6.45, 7) is 9.31. The largest absolute Gasteiger partial charge is 0.410 e. The van der Waals surface area contributed by atoms with Gasteiger partial charge in [-0.05, 0) is 66.9 Å². The normalized spacial score (nSPS) is 20.4. The molecule has 1 aliphatic rings. The number of hydrogen-bond donors (Lipinski definition) is 0. The Labute approximate surface area is 150 Å². The molecule has 134 valence electrons. The molecule has 1 nitrogen and oxygen atoms in total. The van der Waals surface area contributed by atoms with Crippen molar-refractivity contribution in [3.63, 3.8) is 0 Å². The minimum absolute atomic E-state index is 0.392. The van der Waals surface area contributed by atoms with Crippen LogP contribution in [0.3, 0.4) is 0 Å². The third kappa shape index (κ3) is 4.61. The summed E-state index contributed by atoms with van der Waals surface area (Å²) >= 11 is 0. The maximum absolute atomic E-state index is 6.92. The lowest BCUT2D eigenvalue weighted by Gasteiger charge is -2.33. The monoisotopic (exact) mass is 344 g/mol. The van der Waals surface area contributed by atoms with Gasteiger partial charge in [-0.25, -0.2) is 0 Å². The molecule has 0 heterocycles. The lowest BCUT2D eigenvalue weighted by Crippen LogP contribution is -2.39. The van der Waals surface area contributed by atoms with Crippen LogP contribution in [0.4, 0.5) is 0 Å². The maximum Gasteiger partial charge on any atom is 0.192 e. The molecule has 1 aromatic carbocycles. The molecule has 0 N–H and O–H groups in total. The number of hydrogen-bond acceptors (Lipinski definition) is 1. The van der Waals surface area contributed by atoms with E-state index >= 15 is 0 Å². The van der Waals surface area contributed by atoms with Gasteiger partial charge in [-0.15, -0.1) is 0 Å². The second-order valence-electron chi connectivity index (χ2n) is 7.22. The first kappa shape index (κ1) is 19.5. The molecule has 24 heavy (non-hydrogen) atoms. The van der Waals surface area contributed by atoms with Crippen molar-refractivity contribution in [3.05, 3.63) is 41.5 Å². The van der Waals surface area contributed by atoms with Crippen molar-refractivity contribution in [1.29, 1.82) is 0 Å². The van der Waals surface area contributed by atoms with Crippen LogP contribution in [-0.4, -0.2) is 14.4 Å². The molecule has 0 aromatic heterocycles. The third-order valence-electron chi connectivity index (χ3n) is 5.92. The van der Waals surface area contributed by atoms with Crippen LogP contribution in [0.2, 0.25) is 18.1 Å². The molecule has 1 aromatic rings. The van der Waals surface area contributed by atoms with Crippen molar-refractivity contribution in [2.24, 2.45) is 0 Å². The fourth-order valence-electron chi connectivity index (χ4n) is 4.07. The molecule has 1 aliphatic carbocycles. The van der Waals surface area contributed by atoms with Crippen molar-refractivity contribution in [2.75, 3.05) is 0 Å². The lowest BCUT2D eigenvalue weighted by atomic mass is 9.93. The average molecular weight is 345 g/mol. The quantitative estimate of drug-likeness (QED) is 0.430. The summed E-state index contributed by atoms with van der Waals surface area (Å²) in [5, 5.41) is 0. The van der Waals surface area contributed by atoms with Crippen LogP contribution in [0.1, 0.15) is 71.8 Å². The van der Waals surface area contributed by atoms with E-state index in [0.717, 1.165) is 0 Å². The van der Waals surface area contributed by atoms with Crippen LogP contribution in [0.25, 0.3) is 5.57 Å². The highest BCUT2D eigenvalue weighted by Gasteiger charge is 2.35. The van der Waals surface area contributed by atoms with Crippen molar-refractivity contribution < 1.29 is 4.43 Å². The van der Waals surface area contributed by atoms with Crippen LogP contribution in [0.15, 0.2) is 35.9 Å². The van der Waals surface area contributed by atoms with E-state index in [1.807, 2.05) is 0 Å². The highest BCUT2D eigenvalue weighted by atomic mass is 28.4. The van der Waals surface area contributed by atoms with Crippen molar-refractivity contribution in [3.8, 4) is 0 Å². The Morgan fingerprint density at radius 3 is 2.29 bits per heavy atom. The standard InChI is InChI=1S/C22H36OSi/c1-5-9-16-20(19-14-11-10-12-15-19)21-17-13-18-22(21)23-24(6-2,7-3)8-4/h10-12,14-15,22H,5-9,13,16-18H2,1-4H3/b21-20+. The van der Waals surface area contributed by atoms with Gasteiger partial charge in [0.2, 0.25) is 0 Å². The number of benzene rings is 1. The van der Waals surface area contributed by atoms with Crippen molar-refractivity contribution in [1.82, 2.24) is 0 Å². The summed E-state index contributed by atoms with van der Waals surface area (Å²) < 4.78 is 6.92. The van der Waals surface area contributed by atoms with Gasteiger partial charge >= 0.3 is 0 Å². The first-order chi connectivity index (χ1) is 11.7. The van der Waals surface area contributed by atoms with Crippen molar-refractivity contribution >= 4 is 13.9 Å². The molecule has 1 unspecified atom stereocenters. The SMILES string of the molecule is CCCC/C(=C1/CCCC1O[Si](CC)(CC)CC)c1ccccc1. The summed E-state index contributed by atoms with van der Waals surface area (Å²) in [4.78, 5) is 0. The zero-order valence-corrected chi connectivity index (χ0v) is 17.2. The predicted molar refractivity (Wildman–Crippen MR) is 109 cm³/mol. The molecule has 0 saturated heterocycles. The number of unbranched alkanes of at least 4 members (excludes halogenated alkanes) is 1. The Balaban J connectivity index is 2.33. The first-order valence-corrected chi connectivity index (χ1v) is 12.7. The minimum atomic E-state index is -1.54. The Kier molecular flexibility index (Phi) is 7.77. The summed E-state index contributed by atoms with van der Waals surface area (Å²) in [6, 6.07) is 14.8. The third-order valence-corrected chi connectivity index (χ3v) is 10.6. The summed E-state index contributed by atoms with van der Waals surface area (Å²) in [5.74, 6) is 0. The van der Waals surface area contributed by atoms with E-state index in [-0.39, 0.29) is 0 Å². The van der Waals surface area contributed by atoms with Crippen molar-refractivity contribution in [2.45, 2.75) is 90.5 Å². The van der Waals surface area contributed by atoms with Crippen LogP contribution in [0.5, 0.6) is 0 Å². The molecular weight excluding hydrogens is 308 g/mol. The van der Waals surface area contributed by atoms with Gasteiger partial charge in [0.1, 0.15) is 0 Å². The Morgan fingerprint density at radius 1 is 1.04 bits per heavy atom. The van der Waals surface area contributed by atoms with Gasteiger partial charge in [-0.1, -0.05) is 64.4 Å². The Bertz CT molecular complexity index is 508. The second kappa shape index (κ2) is 9.58. The molecule has 1 fully saturated rings. The maximum atomic E-state index is 6.92. The zero-order valence-electron chi connectivity index (χ0n) is 16.2. The predicted octanol–water partition coefficient (Wildman–Crippen LogP) is 7.20. The summed E-state index contributed by atoms with van der Waals surface area (Å²) in [6.07, 6.45) is 7.89. The van der Waals surface area contributed by atoms with E-state index in [1.54, 1.807) is 11.1 Å². The van der Waals surface area contributed by atoms with Crippen LogP contribution < -0.4 is 0 Å². The first-order valence-electron chi connectivity index (χ1n) is 10.1. The van der Waals surface area contributed by atoms with Crippen LogP contribution in [0, 0.1) is 0 Å². The molecule has 0 bridgehead atoms. The number of rotatable bonds is 9. The molecule has 2 heteroatoms. The van der Waals surface area contributed by atoms with E-state index in [9.17, 15) is 0 Å². The fraction of sp³-hybridized carbons (Fsp3) is 0.636. The lowest BCUT2D eigenvalue weighted by molar-refractivity contribution is 0.227. The smallest absolute Gasteiger partial charge is 0.192 e. The summed E-state index contributed by atoms with van der Waals surface area (Å²) in [5.41, 5.74) is 4.64. The van der Waals surface area contributed by atoms with Gasteiger partial charge in [-0.3, -0.25) is 0 Å². The fourth-order valence-corrected chi connectivity index (χ4v) is 6.94. The molecule has 0 amide bonds. The van der Waals surface area contributed by atoms with E-state index in [0.29, 0.717) is 6.10 Å². The average Bonchev–Trinajstić information content (AvgIpc) is 3.09. The van der Waals surface area contributed by atoms with Crippen LogP contribution >= 0.6 is 0 Å². The molecular formula is C22H36OSi. The highest BCUT2D eigenvalue weighted by Crippen LogP contribution is 2.39. The van der Waals surface area contributed by atoms with Gasteiger partial charge in [0.15, 0.2) is 8.32 Å². The molecule has 1 saturated carbocycles. The van der Waals surface area contributed by atoms with E-state index in [2.05, 4.69) is 58.0 Å². The second-order valence-corrected chi connectivity index (χ2v) is 11.9. The summed E-state index contributed by atoms with van der Waals surface area (Å²) in [7, 11) is -1.54. The zero-order chi connectivity index (χ0) is 17.4. The van der Waals surface area contributed by atoms with Gasteiger partial charge in [0.05, 0.1) is 6.10 Å². The molecule has 2 rings (SSSR count). The van der Waals surface area contributed by atoms with E-state index in [4.69, 9.17) is 4.43 Å². The topological polar surface area (TPSA) is 9.23 Å². The van der Waals surface area contributed by atoms with E-state index < -0.39 is 8.32 Å². The molecule has 0 spiro atoms. The Morgan fingerprint density at radius 2 is 1.71 bits per heavy atom. The van der Waals surface area contributed by atoms with Gasteiger partial charge in [-0.2, -0.15) is 0 Å². The van der Waals surface area contributed by atoms with Gasteiger partial charge in [0.25, 0.3) is 0 Å².